The highest BCUT2D eigenvalue weighted by Gasteiger charge is 2.38. The van der Waals surface area contributed by atoms with Crippen molar-refractivity contribution in [2.24, 2.45) is 0 Å². The van der Waals surface area contributed by atoms with Crippen LogP contribution in [0.5, 0.6) is 0 Å². The van der Waals surface area contributed by atoms with E-state index >= 15 is 0 Å². The molecule has 2 rings (SSSR count). The molecule has 0 atom stereocenters. The fraction of sp³-hybridized carbons (Fsp3) is 0.364. The fourth-order valence-corrected chi connectivity index (χ4v) is 1.67. The normalized spacial score (nSPS) is 17.3. The fourth-order valence-electron chi connectivity index (χ4n) is 1.30. The Morgan fingerprint density at radius 3 is 2.73 bits per heavy atom. The van der Waals surface area contributed by atoms with Crippen molar-refractivity contribution in [2.45, 2.75) is 25.3 Å². The van der Waals surface area contributed by atoms with E-state index < -0.39 is 0 Å². The lowest BCUT2D eigenvalue weighted by Crippen LogP contribution is -2.34. The van der Waals surface area contributed by atoms with Crippen LogP contribution in [0.2, 0.25) is 0 Å². The van der Waals surface area contributed by atoms with Gasteiger partial charge in [-0.05, 0) is 53.9 Å². The van der Waals surface area contributed by atoms with E-state index in [9.17, 15) is 9.18 Å². The molecule has 0 aromatic heterocycles. The van der Waals surface area contributed by atoms with Crippen molar-refractivity contribution in [1.29, 1.82) is 0 Å². The molecule has 1 aliphatic rings. The summed E-state index contributed by atoms with van der Waals surface area (Å²) in [6.45, 7) is 2.00. The molecule has 1 amide bonds. The van der Waals surface area contributed by atoms with E-state index in [4.69, 9.17) is 0 Å². The number of halogens is 2. The number of carbonyl (C=O) groups excluding carboxylic acids is 1. The Bertz CT molecular complexity index is 415. The van der Waals surface area contributed by atoms with Gasteiger partial charge in [-0.3, -0.25) is 4.79 Å². The van der Waals surface area contributed by atoms with Crippen LogP contribution in [0.4, 0.5) is 4.39 Å². The lowest BCUT2D eigenvalue weighted by molar-refractivity contribution is 0.0935. The Hall–Kier alpha value is -0.900. The van der Waals surface area contributed by atoms with Crippen LogP contribution in [0.1, 0.15) is 30.1 Å². The molecule has 0 spiro atoms. The summed E-state index contributed by atoms with van der Waals surface area (Å²) in [6.07, 6.45) is 2.03. The first-order valence-corrected chi connectivity index (χ1v) is 5.57. The van der Waals surface area contributed by atoms with Gasteiger partial charge in [0.1, 0.15) is 5.82 Å². The highest BCUT2D eigenvalue weighted by Crippen LogP contribution is 2.34. The number of benzene rings is 1. The molecule has 0 radical (unpaired) electrons. The number of hydrogen-bond donors (Lipinski definition) is 1. The molecule has 1 aromatic carbocycles. The second-order valence-electron chi connectivity index (χ2n) is 4.14. The number of hydrogen-bond acceptors (Lipinski definition) is 1. The maximum atomic E-state index is 12.9. The van der Waals surface area contributed by atoms with E-state index in [1.807, 2.05) is 6.92 Å². The third-order valence-electron chi connectivity index (χ3n) is 2.60. The second-order valence-corrected chi connectivity index (χ2v) is 5.00. The number of carbonyl (C=O) groups is 1. The van der Waals surface area contributed by atoms with Gasteiger partial charge in [0.05, 0.1) is 4.47 Å². The third kappa shape index (κ3) is 2.37. The van der Waals surface area contributed by atoms with E-state index in [-0.39, 0.29) is 17.3 Å². The smallest absolute Gasteiger partial charge is 0.251 e. The zero-order valence-electron chi connectivity index (χ0n) is 8.31. The SMILES string of the molecule is CC1(NC(=O)c2ccc(F)c(Br)c2)CC1. The zero-order valence-corrected chi connectivity index (χ0v) is 9.90. The van der Waals surface area contributed by atoms with Crippen LogP contribution < -0.4 is 5.32 Å². The van der Waals surface area contributed by atoms with E-state index in [1.165, 1.54) is 18.2 Å². The lowest BCUT2D eigenvalue weighted by atomic mass is 10.2. The molecule has 2 nitrogen and oxygen atoms in total. The summed E-state index contributed by atoms with van der Waals surface area (Å²) in [7, 11) is 0. The summed E-state index contributed by atoms with van der Waals surface area (Å²) in [4.78, 5) is 11.7. The maximum Gasteiger partial charge on any atom is 0.251 e. The molecule has 1 saturated carbocycles. The predicted octanol–water partition coefficient (Wildman–Crippen LogP) is 2.87. The Balaban J connectivity index is 2.15. The zero-order chi connectivity index (χ0) is 11.1. The molecule has 0 heterocycles. The first kappa shape index (κ1) is 10.6. The summed E-state index contributed by atoms with van der Waals surface area (Å²) in [5, 5.41) is 2.91. The van der Waals surface area contributed by atoms with Crippen molar-refractivity contribution in [2.75, 3.05) is 0 Å². The summed E-state index contributed by atoms with van der Waals surface area (Å²) < 4.78 is 13.2. The summed E-state index contributed by atoms with van der Waals surface area (Å²) in [6, 6.07) is 4.27. The molecular weight excluding hydrogens is 261 g/mol. The lowest BCUT2D eigenvalue weighted by Gasteiger charge is -2.11. The van der Waals surface area contributed by atoms with Crippen LogP contribution in [0.3, 0.4) is 0 Å². The minimum absolute atomic E-state index is 0.0437. The third-order valence-corrected chi connectivity index (χ3v) is 3.20. The molecule has 0 bridgehead atoms. The van der Waals surface area contributed by atoms with Crippen LogP contribution in [-0.4, -0.2) is 11.4 Å². The van der Waals surface area contributed by atoms with Crippen molar-refractivity contribution < 1.29 is 9.18 Å². The topological polar surface area (TPSA) is 29.1 Å². The van der Waals surface area contributed by atoms with Gasteiger partial charge in [0.25, 0.3) is 5.91 Å². The second kappa shape index (κ2) is 3.59. The highest BCUT2D eigenvalue weighted by molar-refractivity contribution is 9.10. The van der Waals surface area contributed by atoms with E-state index in [0.29, 0.717) is 10.0 Å². The van der Waals surface area contributed by atoms with Gasteiger partial charge in [-0.1, -0.05) is 0 Å². The molecule has 1 N–H and O–H groups in total. The average molecular weight is 272 g/mol. The summed E-state index contributed by atoms with van der Waals surface area (Å²) in [5.74, 6) is -0.500. The van der Waals surface area contributed by atoms with Gasteiger partial charge in [0.15, 0.2) is 0 Å². The van der Waals surface area contributed by atoms with Gasteiger partial charge in [-0.2, -0.15) is 0 Å². The van der Waals surface area contributed by atoms with Crippen molar-refractivity contribution in [3.05, 3.63) is 34.1 Å². The summed E-state index contributed by atoms with van der Waals surface area (Å²) in [5.41, 5.74) is 0.439. The quantitative estimate of drug-likeness (QED) is 0.881. The Morgan fingerprint density at radius 1 is 1.53 bits per heavy atom. The van der Waals surface area contributed by atoms with Crippen LogP contribution in [0.15, 0.2) is 22.7 Å². The Kier molecular flexibility index (Phi) is 2.54. The maximum absolute atomic E-state index is 12.9. The van der Waals surface area contributed by atoms with Crippen molar-refractivity contribution in [3.63, 3.8) is 0 Å². The van der Waals surface area contributed by atoms with Gasteiger partial charge in [-0.25, -0.2) is 4.39 Å². The molecule has 1 aliphatic carbocycles. The highest BCUT2D eigenvalue weighted by atomic mass is 79.9. The van der Waals surface area contributed by atoms with Crippen LogP contribution >= 0.6 is 15.9 Å². The van der Waals surface area contributed by atoms with Gasteiger partial charge >= 0.3 is 0 Å². The van der Waals surface area contributed by atoms with Gasteiger partial charge in [0, 0.05) is 11.1 Å². The van der Waals surface area contributed by atoms with Crippen molar-refractivity contribution >= 4 is 21.8 Å². The molecule has 1 fully saturated rings. The molecule has 0 unspecified atom stereocenters. The van der Waals surface area contributed by atoms with E-state index in [1.54, 1.807) is 0 Å². The Morgan fingerprint density at radius 2 is 2.20 bits per heavy atom. The van der Waals surface area contributed by atoms with E-state index in [0.717, 1.165) is 12.8 Å². The Labute approximate surface area is 96.0 Å². The monoisotopic (exact) mass is 271 g/mol. The molecular formula is C11H11BrFNO. The number of nitrogens with one attached hydrogen (secondary N) is 1. The number of rotatable bonds is 2. The summed E-state index contributed by atoms with van der Waals surface area (Å²) >= 11 is 3.05. The van der Waals surface area contributed by atoms with Crippen molar-refractivity contribution in [3.8, 4) is 0 Å². The molecule has 15 heavy (non-hydrogen) atoms. The molecule has 0 saturated heterocycles. The standard InChI is InChI=1S/C11H11BrFNO/c1-11(4-5-11)14-10(15)7-2-3-9(13)8(12)6-7/h2-3,6H,4-5H2,1H3,(H,14,15). The van der Waals surface area contributed by atoms with Crippen LogP contribution in [0, 0.1) is 5.82 Å². The predicted molar refractivity (Wildman–Crippen MR) is 59.2 cm³/mol. The molecule has 4 heteroatoms. The van der Waals surface area contributed by atoms with Gasteiger partial charge in [0.2, 0.25) is 0 Å². The molecule has 1 aromatic rings. The van der Waals surface area contributed by atoms with Crippen molar-refractivity contribution in [1.82, 2.24) is 5.32 Å². The minimum atomic E-state index is -0.357. The molecule has 0 aliphatic heterocycles. The molecule has 80 valence electrons. The van der Waals surface area contributed by atoms with E-state index in [2.05, 4.69) is 21.2 Å². The van der Waals surface area contributed by atoms with Gasteiger partial charge in [-0.15, -0.1) is 0 Å². The first-order valence-electron chi connectivity index (χ1n) is 4.78. The average Bonchev–Trinajstić information content (AvgIpc) is 2.88. The largest absolute Gasteiger partial charge is 0.347 e. The minimum Gasteiger partial charge on any atom is -0.347 e. The van der Waals surface area contributed by atoms with Crippen LogP contribution in [0.25, 0.3) is 0 Å². The number of amides is 1. The van der Waals surface area contributed by atoms with Crippen LogP contribution in [-0.2, 0) is 0 Å². The van der Waals surface area contributed by atoms with Gasteiger partial charge < -0.3 is 5.32 Å². The first-order chi connectivity index (χ1) is 7.00.